The number of rotatable bonds is 4. The lowest BCUT2D eigenvalue weighted by molar-refractivity contribution is -0.402. The minimum atomic E-state index is -2.54. The summed E-state index contributed by atoms with van der Waals surface area (Å²) in [6, 6.07) is 7.56. The van der Waals surface area contributed by atoms with Gasteiger partial charge in [0.15, 0.2) is 6.61 Å². The van der Waals surface area contributed by atoms with Crippen molar-refractivity contribution in [1.29, 1.82) is 0 Å². The zero-order valence-corrected chi connectivity index (χ0v) is 17.8. The Hall–Kier alpha value is -1.77. The molecule has 32 heavy (non-hydrogen) atoms. The van der Waals surface area contributed by atoms with Gasteiger partial charge in [0.05, 0.1) is 0 Å². The van der Waals surface area contributed by atoms with Crippen LogP contribution in [0.15, 0.2) is 24.3 Å². The molecule has 0 aromatic heterocycles. The monoisotopic (exact) mass is 450 g/mol. The van der Waals surface area contributed by atoms with Gasteiger partial charge in [-0.05, 0) is 62.1 Å². The molecule has 7 rings (SSSR count). The molecule has 0 amide bonds. The first-order chi connectivity index (χ1) is 15.3. The third kappa shape index (κ3) is 3.10. The van der Waals surface area contributed by atoms with E-state index in [9.17, 15) is 13.6 Å². The van der Waals surface area contributed by atoms with Crippen molar-refractivity contribution in [2.75, 3.05) is 6.61 Å². The second-order valence-corrected chi connectivity index (χ2v) is 10.3. The molecular weight excluding hydrogens is 422 g/mol. The van der Waals surface area contributed by atoms with Gasteiger partial charge >= 0.3 is 5.97 Å². The van der Waals surface area contributed by atoms with Gasteiger partial charge in [-0.15, -0.1) is 0 Å². The maximum absolute atomic E-state index is 14.5. The summed E-state index contributed by atoms with van der Waals surface area (Å²) in [5.41, 5.74) is 1.17. The summed E-state index contributed by atoms with van der Waals surface area (Å²) in [7, 11) is 0. The van der Waals surface area contributed by atoms with Crippen molar-refractivity contribution < 1.29 is 37.9 Å². The molecule has 0 unspecified atom stereocenters. The van der Waals surface area contributed by atoms with Crippen LogP contribution in [0.4, 0.5) is 8.78 Å². The molecule has 6 nitrogen and oxygen atoms in total. The van der Waals surface area contributed by atoms with Crippen molar-refractivity contribution in [2.45, 2.75) is 74.8 Å². The van der Waals surface area contributed by atoms with Gasteiger partial charge in [0.1, 0.15) is 5.75 Å². The standard InChI is InChI=1S/C24H28F2O6/c25-23(26)16-9-18-11-17(23)12-19(10-16)24(18)30-22(31-32-24)7-5-15(6-8-22)14-1-3-20(4-2-14)29-13-21(27)28/h1-4,15-19H,5-13H2,(H,27,28). The van der Waals surface area contributed by atoms with Crippen LogP contribution in [0.5, 0.6) is 5.75 Å². The number of ether oxygens (including phenoxy) is 2. The van der Waals surface area contributed by atoms with Crippen LogP contribution in [0.3, 0.4) is 0 Å². The molecule has 2 spiro atoms. The van der Waals surface area contributed by atoms with Crippen molar-refractivity contribution in [3.8, 4) is 5.75 Å². The SMILES string of the molecule is O=C(O)COc1ccc(C2CCC3(CC2)OOC2(O3)C3CC4CC2CC(C3)C4(F)F)cc1. The maximum Gasteiger partial charge on any atom is 0.341 e. The second kappa shape index (κ2) is 7.11. The number of hydrogen-bond acceptors (Lipinski definition) is 5. The van der Waals surface area contributed by atoms with E-state index in [0.29, 0.717) is 50.2 Å². The van der Waals surface area contributed by atoms with E-state index < -0.39 is 35.3 Å². The molecule has 5 aliphatic carbocycles. The molecule has 5 saturated carbocycles. The molecule has 8 heteroatoms. The smallest absolute Gasteiger partial charge is 0.341 e. The molecule has 1 aromatic carbocycles. The predicted molar refractivity (Wildman–Crippen MR) is 107 cm³/mol. The van der Waals surface area contributed by atoms with Gasteiger partial charge < -0.3 is 14.6 Å². The molecule has 1 N–H and O–H groups in total. The molecule has 0 radical (unpaired) electrons. The summed E-state index contributed by atoms with van der Waals surface area (Å²) < 4.78 is 40.8. The van der Waals surface area contributed by atoms with Crippen LogP contribution in [-0.4, -0.2) is 35.2 Å². The van der Waals surface area contributed by atoms with E-state index in [-0.39, 0.29) is 18.4 Å². The van der Waals surface area contributed by atoms with Crippen molar-refractivity contribution in [3.05, 3.63) is 29.8 Å². The summed E-state index contributed by atoms with van der Waals surface area (Å²) in [6.45, 7) is -0.358. The summed E-state index contributed by atoms with van der Waals surface area (Å²) in [5.74, 6) is -5.41. The maximum atomic E-state index is 14.5. The highest BCUT2D eigenvalue weighted by molar-refractivity contribution is 5.68. The van der Waals surface area contributed by atoms with Crippen molar-refractivity contribution in [3.63, 3.8) is 0 Å². The average molecular weight is 450 g/mol. The number of carboxylic acid groups (broad SMARTS) is 1. The molecule has 0 atom stereocenters. The molecule has 6 aliphatic rings. The van der Waals surface area contributed by atoms with Crippen LogP contribution >= 0.6 is 0 Å². The number of alkyl halides is 2. The van der Waals surface area contributed by atoms with E-state index in [0.717, 1.165) is 12.8 Å². The Morgan fingerprint density at radius 3 is 2.12 bits per heavy atom. The van der Waals surface area contributed by atoms with Gasteiger partial charge in [0.25, 0.3) is 5.92 Å². The second-order valence-electron chi connectivity index (χ2n) is 10.3. The summed E-state index contributed by atoms with van der Waals surface area (Å²) in [5, 5.41) is 8.72. The largest absolute Gasteiger partial charge is 0.482 e. The van der Waals surface area contributed by atoms with Crippen LogP contribution in [0.1, 0.15) is 62.8 Å². The van der Waals surface area contributed by atoms with Crippen molar-refractivity contribution >= 4 is 5.97 Å². The van der Waals surface area contributed by atoms with E-state index in [1.807, 2.05) is 12.1 Å². The van der Waals surface area contributed by atoms with Crippen molar-refractivity contribution in [2.24, 2.45) is 23.7 Å². The van der Waals surface area contributed by atoms with Gasteiger partial charge in [-0.1, -0.05) is 12.1 Å². The molecule has 6 fully saturated rings. The number of halogens is 2. The van der Waals surface area contributed by atoms with Gasteiger partial charge in [-0.3, -0.25) is 0 Å². The number of hydrogen-bond donors (Lipinski definition) is 1. The highest BCUT2D eigenvalue weighted by Gasteiger charge is 2.72. The third-order valence-corrected chi connectivity index (χ3v) is 8.63. The first kappa shape index (κ1) is 20.8. The van der Waals surface area contributed by atoms with Gasteiger partial charge in [0.2, 0.25) is 11.6 Å². The number of aliphatic carboxylic acids is 1. The van der Waals surface area contributed by atoms with Crippen LogP contribution < -0.4 is 4.74 Å². The van der Waals surface area contributed by atoms with E-state index in [1.165, 1.54) is 5.56 Å². The quantitative estimate of drug-likeness (QED) is 0.659. The lowest BCUT2D eigenvalue weighted by atomic mass is 9.51. The van der Waals surface area contributed by atoms with Crippen LogP contribution in [-0.2, 0) is 19.3 Å². The Morgan fingerprint density at radius 2 is 1.56 bits per heavy atom. The minimum absolute atomic E-state index is 0.0138. The first-order valence-electron chi connectivity index (χ1n) is 11.7. The molecule has 1 aliphatic heterocycles. The predicted octanol–water partition coefficient (Wildman–Crippen LogP) is 4.88. The van der Waals surface area contributed by atoms with E-state index in [2.05, 4.69) is 0 Å². The lowest BCUT2D eigenvalue weighted by Gasteiger charge is -2.59. The molecule has 4 bridgehead atoms. The van der Waals surface area contributed by atoms with E-state index in [1.54, 1.807) is 12.1 Å². The number of carboxylic acids is 1. The molecule has 1 saturated heterocycles. The molecule has 1 aromatic rings. The lowest BCUT2D eigenvalue weighted by Crippen LogP contribution is -2.65. The normalized spacial score (nSPS) is 43.8. The zero-order valence-electron chi connectivity index (χ0n) is 17.8. The molecular formula is C24H28F2O6. The van der Waals surface area contributed by atoms with E-state index >= 15 is 0 Å². The minimum Gasteiger partial charge on any atom is -0.482 e. The zero-order chi connectivity index (χ0) is 22.1. The first-order valence-corrected chi connectivity index (χ1v) is 11.7. The Kier molecular flexibility index (Phi) is 4.63. The Morgan fingerprint density at radius 1 is 0.969 bits per heavy atom. The topological polar surface area (TPSA) is 74.2 Å². The summed E-state index contributed by atoms with van der Waals surface area (Å²) in [6.07, 6.45) is 4.95. The fraction of sp³-hybridized carbons (Fsp3) is 0.708. The number of carbonyl (C=O) groups is 1. The van der Waals surface area contributed by atoms with Gasteiger partial charge in [-0.25, -0.2) is 13.6 Å². The van der Waals surface area contributed by atoms with Crippen molar-refractivity contribution in [1.82, 2.24) is 0 Å². The fourth-order valence-corrected chi connectivity index (χ4v) is 7.04. The Balaban J connectivity index is 1.10. The third-order valence-electron chi connectivity index (χ3n) is 8.63. The summed E-state index contributed by atoms with van der Waals surface area (Å²) >= 11 is 0. The van der Waals surface area contributed by atoms with E-state index in [4.69, 9.17) is 24.4 Å². The summed E-state index contributed by atoms with van der Waals surface area (Å²) in [4.78, 5) is 22.5. The highest BCUT2D eigenvalue weighted by atomic mass is 19.3. The molecule has 1 heterocycles. The fourth-order valence-electron chi connectivity index (χ4n) is 7.04. The van der Waals surface area contributed by atoms with Gasteiger partial charge in [-0.2, -0.15) is 9.78 Å². The Bertz CT molecular complexity index is 860. The van der Waals surface area contributed by atoms with Crippen LogP contribution in [0.2, 0.25) is 0 Å². The Labute approximate surface area is 185 Å². The highest BCUT2D eigenvalue weighted by Crippen LogP contribution is 2.67. The van der Waals surface area contributed by atoms with Crippen LogP contribution in [0.25, 0.3) is 0 Å². The van der Waals surface area contributed by atoms with Crippen LogP contribution in [0, 0.1) is 23.7 Å². The molecule has 174 valence electrons. The average Bonchev–Trinajstić information content (AvgIpc) is 3.11. The number of benzene rings is 1. The van der Waals surface area contributed by atoms with Gasteiger partial charge in [0, 0.05) is 36.5 Å².